The van der Waals surface area contributed by atoms with Crippen molar-refractivity contribution in [1.29, 1.82) is 5.26 Å². The maximum atomic E-state index is 8.57. The highest BCUT2D eigenvalue weighted by molar-refractivity contribution is 7.08. The van der Waals surface area contributed by atoms with Crippen LogP contribution < -0.4 is 0 Å². The molecule has 0 atom stereocenters. The molecule has 0 aliphatic rings. The summed E-state index contributed by atoms with van der Waals surface area (Å²) in [5.41, 5.74) is 0. The maximum absolute atomic E-state index is 8.57. The molecule has 0 aromatic carbocycles. The number of aromatic nitrogens is 5. The van der Waals surface area contributed by atoms with Crippen molar-refractivity contribution in [2.45, 2.75) is 19.8 Å². The average molecular weight is 220 g/mol. The van der Waals surface area contributed by atoms with E-state index in [4.69, 9.17) is 5.26 Å². The summed E-state index contributed by atoms with van der Waals surface area (Å²) in [6, 6.07) is 1.86. The van der Waals surface area contributed by atoms with E-state index in [0.29, 0.717) is 5.13 Å². The third-order valence-corrected chi connectivity index (χ3v) is 2.46. The highest BCUT2D eigenvalue weighted by Crippen LogP contribution is 2.10. The molecule has 6 nitrogen and oxygen atoms in total. The summed E-state index contributed by atoms with van der Waals surface area (Å²) >= 11 is 1.26. The van der Waals surface area contributed by atoms with E-state index >= 15 is 0 Å². The molecule has 2 aromatic rings. The van der Waals surface area contributed by atoms with Crippen molar-refractivity contribution in [2.24, 2.45) is 0 Å². The van der Waals surface area contributed by atoms with Crippen LogP contribution in [0.25, 0.3) is 5.13 Å². The molecular formula is C8H8N6S. The van der Waals surface area contributed by atoms with E-state index < -0.39 is 0 Å². The van der Waals surface area contributed by atoms with Crippen molar-refractivity contribution in [3.63, 3.8) is 0 Å². The molecule has 0 bridgehead atoms. The van der Waals surface area contributed by atoms with Crippen LogP contribution >= 0.6 is 11.5 Å². The van der Waals surface area contributed by atoms with Gasteiger partial charge in [0.15, 0.2) is 0 Å². The minimum Gasteiger partial charge on any atom is -0.206 e. The Hall–Kier alpha value is -1.81. The SMILES string of the molecule is CCCc1nsc(-n2cnc(C#N)n2)n1. The Morgan fingerprint density at radius 3 is 3.13 bits per heavy atom. The van der Waals surface area contributed by atoms with Gasteiger partial charge in [0.1, 0.15) is 18.2 Å². The second-order valence-electron chi connectivity index (χ2n) is 2.87. The Balaban J connectivity index is 2.25. The molecule has 0 unspecified atom stereocenters. The van der Waals surface area contributed by atoms with Crippen LogP contribution in [-0.2, 0) is 6.42 Å². The van der Waals surface area contributed by atoms with E-state index in [1.54, 1.807) is 0 Å². The van der Waals surface area contributed by atoms with Gasteiger partial charge in [0.2, 0.25) is 5.13 Å². The fourth-order valence-corrected chi connectivity index (χ4v) is 1.71. The molecule has 2 rings (SSSR count). The largest absolute Gasteiger partial charge is 0.252 e. The third-order valence-electron chi connectivity index (χ3n) is 1.72. The molecule has 0 amide bonds. The minimum atomic E-state index is 0.141. The normalized spacial score (nSPS) is 10.1. The van der Waals surface area contributed by atoms with Crippen LogP contribution in [-0.4, -0.2) is 24.1 Å². The molecule has 0 aliphatic heterocycles. The number of nitriles is 1. The first-order valence-corrected chi connectivity index (χ1v) is 5.25. The maximum Gasteiger partial charge on any atom is 0.252 e. The third kappa shape index (κ3) is 1.99. The lowest BCUT2D eigenvalue weighted by Gasteiger charge is -1.89. The van der Waals surface area contributed by atoms with Crippen LogP contribution in [0.1, 0.15) is 25.0 Å². The van der Waals surface area contributed by atoms with Crippen molar-refractivity contribution >= 4 is 11.5 Å². The van der Waals surface area contributed by atoms with Crippen LogP contribution in [0, 0.1) is 11.3 Å². The van der Waals surface area contributed by atoms with Gasteiger partial charge in [-0.15, -0.1) is 5.10 Å². The van der Waals surface area contributed by atoms with Gasteiger partial charge < -0.3 is 0 Å². The van der Waals surface area contributed by atoms with E-state index in [0.717, 1.165) is 18.7 Å². The molecule has 2 heterocycles. The highest BCUT2D eigenvalue weighted by atomic mass is 32.1. The van der Waals surface area contributed by atoms with E-state index in [1.165, 1.54) is 22.5 Å². The molecule has 0 N–H and O–H groups in total. The van der Waals surface area contributed by atoms with Gasteiger partial charge in [-0.25, -0.2) is 9.97 Å². The summed E-state index contributed by atoms with van der Waals surface area (Å²) < 4.78 is 5.64. The number of hydrogen-bond acceptors (Lipinski definition) is 6. The van der Waals surface area contributed by atoms with Crippen molar-refractivity contribution in [3.8, 4) is 11.2 Å². The molecular weight excluding hydrogens is 212 g/mol. The topological polar surface area (TPSA) is 80.3 Å². The summed E-state index contributed by atoms with van der Waals surface area (Å²) in [6.07, 6.45) is 3.34. The Morgan fingerprint density at radius 2 is 2.47 bits per heavy atom. The molecule has 0 fully saturated rings. The van der Waals surface area contributed by atoms with Gasteiger partial charge >= 0.3 is 0 Å². The number of hydrogen-bond donors (Lipinski definition) is 0. The van der Waals surface area contributed by atoms with Crippen LogP contribution in [0.5, 0.6) is 0 Å². The van der Waals surface area contributed by atoms with Gasteiger partial charge in [-0.2, -0.15) is 14.3 Å². The molecule has 0 saturated carbocycles. The lowest BCUT2D eigenvalue weighted by molar-refractivity contribution is 0.822. The average Bonchev–Trinajstić information content (AvgIpc) is 2.85. The molecule has 7 heteroatoms. The fourth-order valence-electron chi connectivity index (χ4n) is 1.07. The second-order valence-corrected chi connectivity index (χ2v) is 3.60. The van der Waals surface area contributed by atoms with Gasteiger partial charge in [0, 0.05) is 18.0 Å². The zero-order valence-corrected chi connectivity index (χ0v) is 8.90. The molecule has 0 spiro atoms. The van der Waals surface area contributed by atoms with Crippen molar-refractivity contribution in [1.82, 2.24) is 24.1 Å². The lowest BCUT2D eigenvalue weighted by Crippen LogP contribution is -1.95. The van der Waals surface area contributed by atoms with E-state index in [1.807, 2.05) is 6.07 Å². The van der Waals surface area contributed by atoms with Gasteiger partial charge in [0.25, 0.3) is 5.82 Å². The molecule has 2 aromatic heterocycles. The van der Waals surface area contributed by atoms with E-state index in [9.17, 15) is 0 Å². The first-order chi connectivity index (χ1) is 7.33. The number of rotatable bonds is 3. The molecule has 0 radical (unpaired) electrons. The van der Waals surface area contributed by atoms with Crippen molar-refractivity contribution < 1.29 is 0 Å². The molecule has 0 aliphatic carbocycles. The van der Waals surface area contributed by atoms with Crippen molar-refractivity contribution in [2.75, 3.05) is 0 Å². The summed E-state index contributed by atoms with van der Waals surface area (Å²) in [5, 5.41) is 13.1. The zero-order chi connectivity index (χ0) is 10.7. The van der Waals surface area contributed by atoms with Crippen LogP contribution in [0.4, 0.5) is 0 Å². The first kappa shape index (κ1) is 9.73. The summed E-state index contributed by atoms with van der Waals surface area (Å²) in [6.45, 7) is 2.07. The van der Waals surface area contributed by atoms with Crippen LogP contribution in [0.3, 0.4) is 0 Å². The van der Waals surface area contributed by atoms with Crippen molar-refractivity contribution in [3.05, 3.63) is 18.0 Å². The quantitative estimate of drug-likeness (QED) is 0.769. The monoisotopic (exact) mass is 220 g/mol. The highest BCUT2D eigenvalue weighted by Gasteiger charge is 2.07. The number of nitrogens with zero attached hydrogens (tertiary/aromatic N) is 6. The Morgan fingerprint density at radius 1 is 1.60 bits per heavy atom. The van der Waals surface area contributed by atoms with Gasteiger partial charge in [-0.05, 0) is 6.42 Å². The predicted octanol–water partition coefficient (Wildman–Crippen LogP) is 0.943. The van der Waals surface area contributed by atoms with Crippen LogP contribution in [0.15, 0.2) is 6.33 Å². The Labute approximate surface area is 90.4 Å². The van der Waals surface area contributed by atoms with Crippen LogP contribution in [0.2, 0.25) is 0 Å². The molecule has 15 heavy (non-hydrogen) atoms. The predicted molar refractivity (Wildman–Crippen MR) is 53.5 cm³/mol. The molecule has 76 valence electrons. The number of aryl methyl sites for hydroxylation is 1. The Bertz CT molecular complexity index is 493. The second kappa shape index (κ2) is 4.14. The lowest BCUT2D eigenvalue weighted by atomic mass is 10.3. The summed E-state index contributed by atoms with van der Waals surface area (Å²) in [4.78, 5) is 8.07. The van der Waals surface area contributed by atoms with E-state index in [-0.39, 0.29) is 5.82 Å². The summed E-state index contributed by atoms with van der Waals surface area (Å²) in [7, 11) is 0. The zero-order valence-electron chi connectivity index (χ0n) is 8.08. The Kier molecular flexibility index (Phi) is 2.69. The smallest absolute Gasteiger partial charge is 0.206 e. The van der Waals surface area contributed by atoms with E-state index in [2.05, 4.69) is 26.4 Å². The van der Waals surface area contributed by atoms with Gasteiger partial charge in [-0.3, -0.25) is 0 Å². The minimum absolute atomic E-state index is 0.141. The fraction of sp³-hybridized carbons (Fsp3) is 0.375. The standard InChI is InChI=1S/C8H8N6S/c1-2-3-6-11-8(15-13-6)14-5-10-7(4-9)12-14/h5H,2-3H2,1H3. The van der Waals surface area contributed by atoms with Gasteiger partial charge in [-0.1, -0.05) is 6.92 Å². The molecule has 0 saturated heterocycles. The summed E-state index contributed by atoms with van der Waals surface area (Å²) in [5.74, 6) is 0.953. The first-order valence-electron chi connectivity index (χ1n) is 4.48. The van der Waals surface area contributed by atoms with Gasteiger partial charge in [0.05, 0.1) is 0 Å².